The number of likely N-dealkylation sites (tertiary alicyclic amines) is 1. The number of ether oxygens (including phenoxy) is 1. The number of aromatic nitrogens is 1. The molecular weight excluding hydrogens is 326 g/mol. The molecule has 0 aromatic carbocycles. The van der Waals surface area contributed by atoms with E-state index in [1.807, 2.05) is 32.2 Å². The number of pyridine rings is 1. The molecule has 1 aromatic rings. The molecule has 1 aromatic heterocycles. The molecule has 0 amide bonds. The fraction of sp³-hybridized carbons (Fsp3) is 0.700. The predicted octanol–water partition coefficient (Wildman–Crippen LogP) is 2.80. The van der Waals surface area contributed by atoms with Gasteiger partial charge in [0.25, 0.3) is 0 Å². The number of nitrogens with one attached hydrogen (secondary N) is 2. The van der Waals surface area contributed by atoms with Crippen LogP contribution in [0.5, 0.6) is 5.88 Å². The lowest BCUT2D eigenvalue weighted by Gasteiger charge is -2.35. The zero-order chi connectivity index (χ0) is 18.9. The Morgan fingerprint density at radius 2 is 2.00 bits per heavy atom. The average Bonchev–Trinajstić information content (AvgIpc) is 2.61. The lowest BCUT2D eigenvalue weighted by Crippen LogP contribution is -2.49. The van der Waals surface area contributed by atoms with Crippen LogP contribution >= 0.6 is 0 Å². The van der Waals surface area contributed by atoms with E-state index in [9.17, 15) is 0 Å². The number of hydrogen-bond donors (Lipinski definition) is 2. The maximum absolute atomic E-state index is 5.58. The summed E-state index contributed by atoms with van der Waals surface area (Å²) in [7, 11) is 0. The van der Waals surface area contributed by atoms with Gasteiger partial charge in [-0.15, -0.1) is 0 Å². The number of aliphatic imine (C=N–C) groups is 1. The number of nitrogens with zero attached hydrogens (tertiary/aromatic N) is 3. The normalized spacial score (nSPS) is 17.0. The fourth-order valence-electron chi connectivity index (χ4n) is 3.06. The molecule has 6 nitrogen and oxygen atoms in total. The van der Waals surface area contributed by atoms with Gasteiger partial charge < -0.3 is 20.3 Å². The summed E-state index contributed by atoms with van der Waals surface area (Å²) in [6, 6.07) is 5.06. The second-order valence-electron chi connectivity index (χ2n) is 7.41. The van der Waals surface area contributed by atoms with Gasteiger partial charge in [-0.2, -0.15) is 0 Å². The Bertz CT molecular complexity index is 548. The Labute approximate surface area is 158 Å². The van der Waals surface area contributed by atoms with Crippen LogP contribution in [-0.2, 0) is 6.54 Å². The highest BCUT2D eigenvalue weighted by Gasteiger charge is 2.21. The van der Waals surface area contributed by atoms with Gasteiger partial charge in [0.2, 0.25) is 5.88 Å². The molecule has 0 atom stereocenters. The molecule has 0 radical (unpaired) electrons. The van der Waals surface area contributed by atoms with Crippen molar-refractivity contribution in [1.29, 1.82) is 0 Å². The number of piperidine rings is 1. The summed E-state index contributed by atoms with van der Waals surface area (Å²) in [5.74, 6) is 1.55. The van der Waals surface area contributed by atoms with Crippen LogP contribution in [0.4, 0.5) is 0 Å². The molecule has 0 unspecified atom stereocenters. The van der Waals surface area contributed by atoms with Crippen molar-refractivity contribution in [3.8, 4) is 5.88 Å². The first-order valence-corrected chi connectivity index (χ1v) is 9.88. The van der Waals surface area contributed by atoms with Crippen molar-refractivity contribution in [3.05, 3.63) is 23.9 Å². The molecule has 2 heterocycles. The van der Waals surface area contributed by atoms with E-state index in [0.29, 0.717) is 24.5 Å². The van der Waals surface area contributed by atoms with E-state index in [1.165, 1.54) is 0 Å². The highest BCUT2D eigenvalue weighted by Crippen LogP contribution is 2.13. The van der Waals surface area contributed by atoms with Crippen LogP contribution in [0.2, 0.25) is 0 Å². The third kappa shape index (κ3) is 6.83. The molecule has 2 rings (SSSR count). The number of hydrogen-bond acceptors (Lipinski definition) is 4. The predicted molar refractivity (Wildman–Crippen MR) is 108 cm³/mol. The number of rotatable bonds is 7. The van der Waals surface area contributed by atoms with Crippen molar-refractivity contribution in [2.24, 2.45) is 4.99 Å². The maximum Gasteiger partial charge on any atom is 0.213 e. The Morgan fingerprint density at radius 1 is 1.27 bits per heavy atom. The van der Waals surface area contributed by atoms with Crippen molar-refractivity contribution in [3.63, 3.8) is 0 Å². The van der Waals surface area contributed by atoms with Crippen LogP contribution in [0.15, 0.2) is 23.3 Å². The van der Waals surface area contributed by atoms with Gasteiger partial charge in [-0.3, -0.25) is 0 Å². The van der Waals surface area contributed by atoms with Crippen LogP contribution in [0.25, 0.3) is 0 Å². The Hall–Kier alpha value is -1.82. The van der Waals surface area contributed by atoms with Crippen LogP contribution in [-0.4, -0.2) is 53.7 Å². The molecule has 0 bridgehead atoms. The Balaban J connectivity index is 1.88. The van der Waals surface area contributed by atoms with Crippen LogP contribution in [0.3, 0.4) is 0 Å². The SMILES string of the molecule is CCNC(=NCc1ccc(OC(C)C)nc1)NC1CCN(C(C)C)CC1. The van der Waals surface area contributed by atoms with Gasteiger partial charge in [0, 0.05) is 44.0 Å². The summed E-state index contributed by atoms with van der Waals surface area (Å²) in [4.78, 5) is 11.6. The molecule has 1 fully saturated rings. The highest BCUT2D eigenvalue weighted by atomic mass is 16.5. The first-order valence-electron chi connectivity index (χ1n) is 9.88. The fourth-order valence-corrected chi connectivity index (χ4v) is 3.06. The van der Waals surface area contributed by atoms with E-state index in [0.717, 1.165) is 44.0 Å². The zero-order valence-electron chi connectivity index (χ0n) is 17.0. The Morgan fingerprint density at radius 3 is 2.54 bits per heavy atom. The molecule has 1 saturated heterocycles. The summed E-state index contributed by atoms with van der Waals surface area (Å²) in [5, 5.41) is 6.94. The minimum atomic E-state index is 0.137. The van der Waals surface area contributed by atoms with E-state index in [-0.39, 0.29) is 6.10 Å². The monoisotopic (exact) mass is 361 g/mol. The summed E-state index contributed by atoms with van der Waals surface area (Å²) < 4.78 is 5.58. The third-order valence-corrected chi connectivity index (χ3v) is 4.52. The largest absolute Gasteiger partial charge is 0.475 e. The maximum atomic E-state index is 5.58. The van der Waals surface area contributed by atoms with Crippen molar-refractivity contribution in [2.75, 3.05) is 19.6 Å². The van der Waals surface area contributed by atoms with Crippen molar-refractivity contribution in [1.82, 2.24) is 20.5 Å². The lowest BCUT2D eigenvalue weighted by atomic mass is 10.0. The second kappa shape index (κ2) is 10.4. The summed E-state index contributed by atoms with van der Waals surface area (Å²) in [5.41, 5.74) is 1.08. The van der Waals surface area contributed by atoms with Gasteiger partial charge >= 0.3 is 0 Å². The standard InChI is InChI=1S/C20H35N5O/c1-6-21-20(24-18-9-11-25(12-10-18)15(2)3)23-14-17-7-8-19(22-13-17)26-16(4)5/h7-8,13,15-16,18H,6,9-12,14H2,1-5H3,(H2,21,23,24). The third-order valence-electron chi connectivity index (χ3n) is 4.52. The van der Waals surface area contributed by atoms with Gasteiger partial charge in [-0.05, 0) is 53.0 Å². The summed E-state index contributed by atoms with van der Waals surface area (Å²) in [6.07, 6.45) is 4.29. The molecule has 146 valence electrons. The van der Waals surface area contributed by atoms with Crippen molar-refractivity contribution < 1.29 is 4.74 Å². The van der Waals surface area contributed by atoms with Crippen LogP contribution in [0, 0.1) is 0 Å². The molecule has 2 N–H and O–H groups in total. The summed E-state index contributed by atoms with van der Waals surface area (Å²) in [6.45, 7) is 14.4. The molecule has 6 heteroatoms. The topological polar surface area (TPSA) is 61.8 Å². The highest BCUT2D eigenvalue weighted by molar-refractivity contribution is 5.80. The van der Waals surface area contributed by atoms with Gasteiger partial charge in [0.1, 0.15) is 0 Å². The van der Waals surface area contributed by atoms with Crippen LogP contribution < -0.4 is 15.4 Å². The molecule has 0 aliphatic carbocycles. The van der Waals surface area contributed by atoms with Gasteiger partial charge in [-0.1, -0.05) is 6.07 Å². The molecule has 0 saturated carbocycles. The summed E-state index contributed by atoms with van der Waals surface area (Å²) >= 11 is 0. The van der Waals surface area contributed by atoms with Crippen molar-refractivity contribution >= 4 is 5.96 Å². The Kier molecular flexibility index (Phi) is 8.16. The van der Waals surface area contributed by atoms with E-state index >= 15 is 0 Å². The molecular formula is C20H35N5O. The lowest BCUT2D eigenvalue weighted by molar-refractivity contribution is 0.167. The quantitative estimate of drug-likeness (QED) is 0.578. The van der Waals surface area contributed by atoms with Gasteiger partial charge in [-0.25, -0.2) is 9.98 Å². The minimum absolute atomic E-state index is 0.137. The van der Waals surface area contributed by atoms with Crippen LogP contribution in [0.1, 0.15) is 53.0 Å². The van der Waals surface area contributed by atoms with E-state index in [2.05, 4.69) is 41.3 Å². The van der Waals surface area contributed by atoms with Gasteiger partial charge in [0.05, 0.1) is 12.6 Å². The first kappa shape index (κ1) is 20.5. The second-order valence-corrected chi connectivity index (χ2v) is 7.41. The van der Waals surface area contributed by atoms with Crippen molar-refractivity contribution in [2.45, 2.75) is 72.2 Å². The smallest absolute Gasteiger partial charge is 0.213 e. The van der Waals surface area contributed by atoms with E-state index < -0.39 is 0 Å². The zero-order valence-corrected chi connectivity index (χ0v) is 17.0. The van der Waals surface area contributed by atoms with Gasteiger partial charge in [0.15, 0.2) is 5.96 Å². The minimum Gasteiger partial charge on any atom is -0.475 e. The molecule has 1 aliphatic heterocycles. The number of guanidine groups is 1. The average molecular weight is 362 g/mol. The molecule has 1 aliphatic rings. The van der Waals surface area contributed by atoms with E-state index in [1.54, 1.807) is 0 Å². The molecule has 26 heavy (non-hydrogen) atoms. The molecule has 0 spiro atoms. The van der Waals surface area contributed by atoms with E-state index in [4.69, 9.17) is 9.73 Å². The first-order chi connectivity index (χ1) is 12.5.